The third kappa shape index (κ3) is 3.84. The summed E-state index contributed by atoms with van der Waals surface area (Å²) in [6, 6.07) is 4.02. The summed E-state index contributed by atoms with van der Waals surface area (Å²) in [6.07, 6.45) is 6.27. The number of nitrogens with zero attached hydrogens (tertiary/aromatic N) is 1. The smallest absolute Gasteiger partial charge is 0.222 e. The molecule has 0 N–H and O–H groups in total. The van der Waals surface area contributed by atoms with Gasteiger partial charge in [0.2, 0.25) is 5.91 Å². The molecule has 2 aliphatic rings. The van der Waals surface area contributed by atoms with E-state index in [9.17, 15) is 13.6 Å². The molecule has 1 atom stereocenters. The third-order valence-corrected chi connectivity index (χ3v) is 4.90. The van der Waals surface area contributed by atoms with Crippen molar-refractivity contribution in [1.82, 2.24) is 4.90 Å². The van der Waals surface area contributed by atoms with Crippen molar-refractivity contribution in [3.63, 3.8) is 0 Å². The minimum absolute atomic E-state index is 0.184. The summed E-state index contributed by atoms with van der Waals surface area (Å²) in [5.41, 5.74) is 0.184. The summed E-state index contributed by atoms with van der Waals surface area (Å²) in [5.74, 6) is 0.315. The van der Waals surface area contributed by atoms with Crippen LogP contribution in [0, 0.1) is 23.5 Å². The second kappa shape index (κ2) is 6.76. The minimum Gasteiger partial charge on any atom is -0.342 e. The predicted octanol–water partition coefficient (Wildman–Crippen LogP) is 3.94. The van der Waals surface area contributed by atoms with Crippen LogP contribution in [0.3, 0.4) is 0 Å². The quantitative estimate of drug-likeness (QED) is 0.807. The number of piperidine rings is 1. The van der Waals surface area contributed by atoms with E-state index in [1.54, 1.807) is 0 Å². The Labute approximate surface area is 130 Å². The highest BCUT2D eigenvalue weighted by atomic mass is 19.1. The number of benzene rings is 1. The summed E-state index contributed by atoms with van der Waals surface area (Å²) in [5, 5.41) is 0. The Balaban J connectivity index is 1.52. The van der Waals surface area contributed by atoms with Gasteiger partial charge in [-0.25, -0.2) is 8.78 Å². The lowest BCUT2D eigenvalue weighted by Gasteiger charge is -2.33. The molecule has 1 saturated heterocycles. The van der Waals surface area contributed by atoms with E-state index in [-0.39, 0.29) is 11.5 Å². The van der Waals surface area contributed by atoms with E-state index in [0.717, 1.165) is 32.4 Å². The van der Waals surface area contributed by atoms with E-state index in [1.165, 1.54) is 31.0 Å². The number of carbonyl (C=O) groups is 1. The van der Waals surface area contributed by atoms with Crippen molar-refractivity contribution in [2.45, 2.75) is 44.9 Å². The highest BCUT2D eigenvalue weighted by molar-refractivity contribution is 5.76. The van der Waals surface area contributed by atoms with Crippen LogP contribution in [0.2, 0.25) is 0 Å². The van der Waals surface area contributed by atoms with Crippen molar-refractivity contribution >= 4 is 5.91 Å². The molecule has 3 rings (SSSR count). The number of amides is 1. The lowest BCUT2D eigenvalue weighted by atomic mass is 9.91. The first-order valence-corrected chi connectivity index (χ1v) is 8.34. The molecule has 2 fully saturated rings. The normalized spacial score (nSPS) is 21.9. The van der Waals surface area contributed by atoms with Gasteiger partial charge in [-0.3, -0.25) is 4.79 Å². The Bertz CT molecular complexity index is 522. The zero-order chi connectivity index (χ0) is 15.5. The Kier molecular flexibility index (Phi) is 4.74. The summed E-state index contributed by atoms with van der Waals surface area (Å²) in [6.45, 7) is 1.59. The maximum atomic E-state index is 13.7. The molecule has 1 aliphatic carbocycles. The van der Waals surface area contributed by atoms with Gasteiger partial charge in [0.1, 0.15) is 11.6 Å². The summed E-state index contributed by atoms with van der Waals surface area (Å²) in [7, 11) is 0. The molecular weight excluding hydrogens is 284 g/mol. The molecule has 0 radical (unpaired) electrons. The Morgan fingerprint density at radius 3 is 2.55 bits per heavy atom. The van der Waals surface area contributed by atoms with Gasteiger partial charge in [-0.15, -0.1) is 0 Å². The van der Waals surface area contributed by atoms with Crippen molar-refractivity contribution in [3.8, 4) is 0 Å². The lowest BCUT2D eigenvalue weighted by molar-refractivity contribution is -0.133. The van der Waals surface area contributed by atoms with Crippen molar-refractivity contribution in [2.24, 2.45) is 11.8 Å². The SMILES string of the molecule is O=C(CC1CC1)N1CCCC(CCc2c(F)cccc2F)C1. The fraction of sp³-hybridized carbons (Fsp3) is 0.611. The fourth-order valence-electron chi connectivity index (χ4n) is 3.34. The van der Waals surface area contributed by atoms with Crippen molar-refractivity contribution in [3.05, 3.63) is 35.4 Å². The van der Waals surface area contributed by atoms with Crippen molar-refractivity contribution in [1.29, 1.82) is 0 Å². The molecule has 22 heavy (non-hydrogen) atoms. The Hall–Kier alpha value is -1.45. The Morgan fingerprint density at radius 2 is 1.86 bits per heavy atom. The highest BCUT2D eigenvalue weighted by Crippen LogP contribution is 2.33. The number of hydrogen-bond acceptors (Lipinski definition) is 1. The molecule has 1 heterocycles. The van der Waals surface area contributed by atoms with Crippen LogP contribution >= 0.6 is 0 Å². The van der Waals surface area contributed by atoms with E-state index in [1.807, 2.05) is 4.90 Å². The zero-order valence-electron chi connectivity index (χ0n) is 12.9. The molecule has 1 aromatic rings. The maximum absolute atomic E-state index is 13.7. The van der Waals surface area contributed by atoms with Crippen LogP contribution in [-0.2, 0) is 11.2 Å². The summed E-state index contributed by atoms with van der Waals surface area (Å²) in [4.78, 5) is 14.1. The van der Waals surface area contributed by atoms with Crippen LogP contribution in [0.25, 0.3) is 0 Å². The third-order valence-electron chi connectivity index (χ3n) is 4.90. The number of rotatable bonds is 5. The second-order valence-corrected chi connectivity index (χ2v) is 6.73. The van der Waals surface area contributed by atoms with E-state index in [4.69, 9.17) is 0 Å². The van der Waals surface area contributed by atoms with Gasteiger partial charge in [0.25, 0.3) is 0 Å². The van der Waals surface area contributed by atoms with Crippen LogP contribution < -0.4 is 0 Å². The summed E-state index contributed by atoms with van der Waals surface area (Å²) < 4.78 is 27.3. The van der Waals surface area contributed by atoms with Gasteiger partial charge in [0.15, 0.2) is 0 Å². The van der Waals surface area contributed by atoms with Gasteiger partial charge in [0, 0.05) is 25.1 Å². The largest absolute Gasteiger partial charge is 0.342 e. The van der Waals surface area contributed by atoms with Crippen LogP contribution in [0.1, 0.15) is 44.1 Å². The van der Waals surface area contributed by atoms with Crippen LogP contribution in [0.5, 0.6) is 0 Å². The molecular formula is C18H23F2NO. The predicted molar refractivity (Wildman–Crippen MR) is 81.3 cm³/mol. The average Bonchev–Trinajstić information content (AvgIpc) is 3.31. The molecule has 0 bridgehead atoms. The first-order chi connectivity index (χ1) is 10.6. The van der Waals surface area contributed by atoms with Gasteiger partial charge in [-0.05, 0) is 62.5 Å². The molecule has 1 unspecified atom stereocenters. The van der Waals surface area contributed by atoms with Crippen molar-refractivity contribution < 1.29 is 13.6 Å². The standard InChI is InChI=1S/C18H23F2NO/c19-16-4-1-5-17(20)15(16)9-8-14-3-2-10-21(12-14)18(22)11-13-6-7-13/h1,4-5,13-14H,2-3,6-12H2. The van der Waals surface area contributed by atoms with E-state index in [2.05, 4.69) is 0 Å². The molecule has 0 aromatic heterocycles. The molecule has 120 valence electrons. The summed E-state index contributed by atoms with van der Waals surface area (Å²) >= 11 is 0. The number of hydrogen-bond donors (Lipinski definition) is 0. The van der Waals surface area contributed by atoms with Gasteiger partial charge in [0.05, 0.1) is 0 Å². The first kappa shape index (κ1) is 15.4. The Morgan fingerprint density at radius 1 is 1.14 bits per heavy atom. The van der Waals surface area contributed by atoms with Gasteiger partial charge >= 0.3 is 0 Å². The zero-order valence-corrected chi connectivity index (χ0v) is 12.9. The highest BCUT2D eigenvalue weighted by Gasteiger charge is 2.29. The minimum atomic E-state index is -0.461. The molecule has 1 aromatic carbocycles. The topological polar surface area (TPSA) is 20.3 Å². The molecule has 4 heteroatoms. The average molecular weight is 307 g/mol. The van der Waals surface area contributed by atoms with E-state index in [0.29, 0.717) is 24.7 Å². The van der Waals surface area contributed by atoms with Gasteiger partial charge < -0.3 is 4.90 Å². The maximum Gasteiger partial charge on any atom is 0.222 e. The lowest BCUT2D eigenvalue weighted by Crippen LogP contribution is -2.40. The molecule has 1 amide bonds. The number of halogens is 2. The van der Waals surface area contributed by atoms with Gasteiger partial charge in [-0.2, -0.15) is 0 Å². The second-order valence-electron chi connectivity index (χ2n) is 6.73. The molecule has 0 spiro atoms. The number of carbonyl (C=O) groups excluding carboxylic acids is 1. The van der Waals surface area contributed by atoms with Crippen LogP contribution in [0.15, 0.2) is 18.2 Å². The fourth-order valence-corrected chi connectivity index (χ4v) is 3.34. The van der Waals surface area contributed by atoms with E-state index >= 15 is 0 Å². The van der Waals surface area contributed by atoms with Crippen molar-refractivity contribution in [2.75, 3.05) is 13.1 Å². The van der Waals surface area contributed by atoms with Gasteiger partial charge in [-0.1, -0.05) is 6.07 Å². The monoisotopic (exact) mass is 307 g/mol. The molecule has 1 aliphatic heterocycles. The van der Waals surface area contributed by atoms with E-state index < -0.39 is 11.6 Å². The van der Waals surface area contributed by atoms with Crippen LogP contribution in [0.4, 0.5) is 8.78 Å². The molecule has 1 saturated carbocycles. The number of likely N-dealkylation sites (tertiary alicyclic amines) is 1. The van der Waals surface area contributed by atoms with Crippen LogP contribution in [-0.4, -0.2) is 23.9 Å². The molecule has 2 nitrogen and oxygen atoms in total. The first-order valence-electron chi connectivity index (χ1n) is 8.34.